The first kappa shape index (κ1) is 17.5. The number of halogens is 1. The molecule has 4 rings (SSSR count). The third-order valence-electron chi connectivity index (χ3n) is 6.14. The van der Waals surface area contributed by atoms with Crippen molar-refractivity contribution in [2.45, 2.75) is 31.4 Å². The summed E-state index contributed by atoms with van der Waals surface area (Å²) in [6.07, 6.45) is 6.72. The average Bonchev–Trinajstić information content (AvgIpc) is 3.04. The zero-order valence-corrected chi connectivity index (χ0v) is 15.4. The molecule has 0 amide bonds. The van der Waals surface area contributed by atoms with E-state index in [2.05, 4.69) is 9.88 Å². The second kappa shape index (κ2) is 6.67. The summed E-state index contributed by atoms with van der Waals surface area (Å²) >= 11 is 0. The van der Waals surface area contributed by atoms with Crippen LogP contribution in [0.2, 0.25) is 0 Å². The second-order valence-corrected chi connectivity index (χ2v) is 7.66. The van der Waals surface area contributed by atoms with Crippen LogP contribution in [0.1, 0.15) is 30.7 Å². The van der Waals surface area contributed by atoms with Crippen LogP contribution in [-0.2, 0) is 19.2 Å². The van der Waals surface area contributed by atoms with Gasteiger partial charge in [0.15, 0.2) is 0 Å². The molecule has 5 nitrogen and oxygen atoms in total. The number of likely N-dealkylation sites (tertiary alicyclic amines) is 1. The van der Waals surface area contributed by atoms with Crippen LogP contribution < -0.4 is 4.74 Å². The summed E-state index contributed by atoms with van der Waals surface area (Å²) in [6.45, 7) is 2.07. The molecule has 1 N–H and O–H groups in total. The maximum Gasteiger partial charge on any atom is 0.141 e. The number of ether oxygens (including phenoxy) is 1. The van der Waals surface area contributed by atoms with E-state index < -0.39 is 5.60 Å². The minimum Gasteiger partial charge on any atom is -0.497 e. The van der Waals surface area contributed by atoms with E-state index in [-0.39, 0.29) is 17.7 Å². The Labute approximate surface area is 153 Å². The van der Waals surface area contributed by atoms with Crippen LogP contribution in [0.5, 0.6) is 5.75 Å². The number of nitrogens with zero attached hydrogens (tertiary/aromatic N) is 3. The van der Waals surface area contributed by atoms with Gasteiger partial charge in [-0.05, 0) is 18.9 Å². The first-order valence-corrected chi connectivity index (χ1v) is 9.27. The van der Waals surface area contributed by atoms with Gasteiger partial charge in [0.2, 0.25) is 0 Å². The highest BCUT2D eigenvalue weighted by Crippen LogP contribution is 2.48. The molecule has 1 saturated carbocycles. The van der Waals surface area contributed by atoms with Crippen molar-refractivity contribution < 1.29 is 14.2 Å². The minimum atomic E-state index is -0.883. The van der Waals surface area contributed by atoms with Crippen LogP contribution >= 0.6 is 0 Å². The molecule has 26 heavy (non-hydrogen) atoms. The minimum absolute atomic E-state index is 0.123. The summed E-state index contributed by atoms with van der Waals surface area (Å²) < 4.78 is 21.4. The largest absolute Gasteiger partial charge is 0.497 e. The van der Waals surface area contributed by atoms with Crippen molar-refractivity contribution in [1.82, 2.24) is 14.5 Å². The molecule has 6 heteroatoms. The Kier molecular flexibility index (Phi) is 4.49. The van der Waals surface area contributed by atoms with Gasteiger partial charge in [0.1, 0.15) is 23.0 Å². The highest BCUT2D eigenvalue weighted by atomic mass is 19.1. The summed E-state index contributed by atoms with van der Waals surface area (Å²) in [7, 11) is 3.48. The predicted molar refractivity (Wildman–Crippen MR) is 96.2 cm³/mol. The van der Waals surface area contributed by atoms with Crippen molar-refractivity contribution in [3.8, 4) is 5.75 Å². The third kappa shape index (κ3) is 2.81. The summed E-state index contributed by atoms with van der Waals surface area (Å²) in [5.41, 5.74) is -0.211. The van der Waals surface area contributed by atoms with Crippen LogP contribution in [0.25, 0.3) is 0 Å². The molecule has 1 unspecified atom stereocenters. The molecular formula is C20H26FN3O2. The number of fused-ring (bicyclic) bond motifs is 2. The number of imidazole rings is 1. The molecule has 2 bridgehead atoms. The van der Waals surface area contributed by atoms with E-state index in [0.717, 1.165) is 38.2 Å². The lowest BCUT2D eigenvalue weighted by Crippen LogP contribution is -2.58. The number of aryl methyl sites for hydroxylation is 1. The van der Waals surface area contributed by atoms with Crippen LogP contribution in [0, 0.1) is 17.7 Å². The Morgan fingerprint density at radius 2 is 2.04 bits per heavy atom. The number of aliphatic hydroxyl groups is 1. The quantitative estimate of drug-likeness (QED) is 0.912. The number of hydrogen-bond donors (Lipinski definition) is 1. The highest BCUT2D eigenvalue weighted by molar-refractivity contribution is 5.29. The van der Waals surface area contributed by atoms with Crippen LogP contribution in [0.3, 0.4) is 0 Å². The van der Waals surface area contributed by atoms with Gasteiger partial charge in [0.05, 0.1) is 7.11 Å². The smallest absolute Gasteiger partial charge is 0.141 e. The maximum absolute atomic E-state index is 14.3. The van der Waals surface area contributed by atoms with Gasteiger partial charge in [-0.2, -0.15) is 0 Å². The number of benzene rings is 1. The van der Waals surface area contributed by atoms with E-state index in [0.29, 0.717) is 17.9 Å². The van der Waals surface area contributed by atoms with E-state index in [9.17, 15) is 9.50 Å². The zero-order chi connectivity index (χ0) is 18.3. The number of piperidine rings is 1. The molecule has 1 saturated heterocycles. The Balaban J connectivity index is 1.56. The zero-order valence-electron chi connectivity index (χ0n) is 15.4. The van der Waals surface area contributed by atoms with Gasteiger partial charge in [-0.25, -0.2) is 9.37 Å². The van der Waals surface area contributed by atoms with Crippen LogP contribution in [0.15, 0.2) is 30.6 Å². The van der Waals surface area contributed by atoms with Gasteiger partial charge in [-0.15, -0.1) is 0 Å². The lowest BCUT2D eigenvalue weighted by Gasteiger charge is -2.52. The number of methoxy groups -OCH3 is 1. The highest BCUT2D eigenvalue weighted by Gasteiger charge is 2.53. The van der Waals surface area contributed by atoms with E-state index in [1.54, 1.807) is 25.4 Å². The number of rotatable bonds is 4. The average molecular weight is 359 g/mol. The van der Waals surface area contributed by atoms with Crippen molar-refractivity contribution in [2.75, 3.05) is 20.2 Å². The molecule has 2 heterocycles. The standard InChI is InChI=1S/C20H26FN3O2/c1-23-9-8-22-19(23)20(25)15-4-3-5-16(20)13-24(12-15)11-14-6-7-17(26-2)10-18(14)21/h6-10,15-16,25H,3-5,11-13H2,1-2H3/t15-,16+,20?. The Bertz CT molecular complexity index is 777. The molecule has 1 aliphatic heterocycles. The molecule has 2 aromatic rings. The normalized spacial score (nSPS) is 28.9. The molecule has 0 radical (unpaired) electrons. The topological polar surface area (TPSA) is 50.5 Å². The van der Waals surface area contributed by atoms with Gasteiger partial charge in [-0.3, -0.25) is 4.90 Å². The Hall–Kier alpha value is -1.92. The summed E-state index contributed by atoms with van der Waals surface area (Å²) in [5.74, 6) is 1.31. The fraction of sp³-hybridized carbons (Fsp3) is 0.550. The first-order valence-electron chi connectivity index (χ1n) is 9.27. The van der Waals surface area contributed by atoms with Gasteiger partial charge in [-0.1, -0.05) is 12.5 Å². The van der Waals surface area contributed by atoms with Crippen LogP contribution in [0.4, 0.5) is 4.39 Å². The van der Waals surface area contributed by atoms with E-state index >= 15 is 0 Å². The maximum atomic E-state index is 14.3. The molecule has 3 atom stereocenters. The van der Waals surface area contributed by atoms with Gasteiger partial charge < -0.3 is 14.4 Å². The lowest BCUT2D eigenvalue weighted by molar-refractivity contribution is -0.155. The van der Waals surface area contributed by atoms with Crippen LogP contribution in [-0.4, -0.2) is 39.8 Å². The van der Waals surface area contributed by atoms with Crippen molar-refractivity contribution in [1.29, 1.82) is 0 Å². The molecule has 2 fully saturated rings. The van der Waals surface area contributed by atoms with Crippen molar-refractivity contribution >= 4 is 0 Å². The molecule has 0 spiro atoms. The molecule has 1 aromatic heterocycles. The third-order valence-corrected chi connectivity index (χ3v) is 6.14. The lowest BCUT2D eigenvalue weighted by atomic mass is 9.65. The first-order chi connectivity index (χ1) is 12.5. The SMILES string of the molecule is COc1ccc(CN2C[C@H]3CCC[C@@H](C2)C3(O)c2nccn2C)c(F)c1. The number of hydrogen-bond acceptors (Lipinski definition) is 4. The fourth-order valence-corrected chi connectivity index (χ4v) is 4.81. The van der Waals surface area contributed by atoms with Crippen molar-refractivity contribution in [3.63, 3.8) is 0 Å². The number of aromatic nitrogens is 2. The second-order valence-electron chi connectivity index (χ2n) is 7.66. The monoisotopic (exact) mass is 359 g/mol. The van der Waals surface area contributed by atoms with E-state index in [1.165, 1.54) is 6.07 Å². The van der Waals surface area contributed by atoms with Gasteiger partial charge in [0.25, 0.3) is 0 Å². The summed E-state index contributed by atoms with van der Waals surface area (Å²) in [4.78, 5) is 6.73. The molecule has 1 aromatic carbocycles. The van der Waals surface area contributed by atoms with E-state index in [4.69, 9.17) is 4.74 Å². The van der Waals surface area contributed by atoms with E-state index in [1.807, 2.05) is 17.8 Å². The summed E-state index contributed by atoms with van der Waals surface area (Å²) in [5, 5.41) is 11.6. The fourth-order valence-electron chi connectivity index (χ4n) is 4.81. The molecule has 140 valence electrons. The van der Waals surface area contributed by atoms with Gasteiger partial charge >= 0.3 is 0 Å². The predicted octanol–water partition coefficient (Wildman–Crippen LogP) is 2.69. The Morgan fingerprint density at radius 3 is 2.62 bits per heavy atom. The molecular weight excluding hydrogens is 333 g/mol. The van der Waals surface area contributed by atoms with Crippen molar-refractivity contribution in [2.24, 2.45) is 18.9 Å². The molecule has 2 aliphatic rings. The molecule has 1 aliphatic carbocycles. The van der Waals surface area contributed by atoms with Gasteiger partial charge in [0, 0.05) is 62.5 Å². The summed E-state index contributed by atoms with van der Waals surface area (Å²) in [6, 6.07) is 5.03. The van der Waals surface area contributed by atoms with Crippen molar-refractivity contribution in [3.05, 3.63) is 47.8 Å². The Morgan fingerprint density at radius 1 is 1.31 bits per heavy atom.